The van der Waals surface area contributed by atoms with Crippen LogP contribution < -0.4 is 11.5 Å². The minimum atomic E-state index is -1.08. The van der Waals surface area contributed by atoms with Crippen molar-refractivity contribution in [1.82, 2.24) is 4.90 Å². The Labute approximate surface area is 193 Å². The van der Waals surface area contributed by atoms with Gasteiger partial charge in [0.2, 0.25) is 11.8 Å². The molecule has 4 rings (SSSR count). The molecule has 1 fully saturated rings. The Balaban J connectivity index is 1.60. The number of rotatable bonds is 7. The number of carbonyl (C=O) groups is 2. The summed E-state index contributed by atoms with van der Waals surface area (Å²) < 4.78 is 14.9. The summed E-state index contributed by atoms with van der Waals surface area (Å²) in [6.07, 6.45) is 9.07. The van der Waals surface area contributed by atoms with Crippen LogP contribution in [0.1, 0.15) is 36.8 Å². The van der Waals surface area contributed by atoms with E-state index in [0.29, 0.717) is 11.1 Å². The number of hydrogen-bond donors (Lipinski definition) is 2. The Morgan fingerprint density at radius 1 is 1.00 bits per heavy atom. The maximum absolute atomic E-state index is 14.9. The third-order valence-electron chi connectivity index (χ3n) is 6.67. The van der Waals surface area contributed by atoms with E-state index >= 15 is 0 Å². The third-order valence-corrected chi connectivity index (χ3v) is 6.67. The molecular weight excluding hydrogens is 417 g/mol. The van der Waals surface area contributed by atoms with Crippen molar-refractivity contribution in [3.8, 4) is 11.1 Å². The third kappa shape index (κ3) is 5.22. The number of allylic oxidation sites excluding steroid dienone is 2. The molecule has 2 amide bonds. The van der Waals surface area contributed by atoms with Gasteiger partial charge in [-0.15, -0.1) is 0 Å². The monoisotopic (exact) mass is 447 g/mol. The van der Waals surface area contributed by atoms with Crippen molar-refractivity contribution in [3.63, 3.8) is 0 Å². The SMILES string of the molecule is NC(=O)C1=CC=CC(Cc2ccc(F)c(-c3cccc(CN4CCCCC4)c3)c2)(C(N)=O)C1. The van der Waals surface area contributed by atoms with E-state index in [0.717, 1.165) is 36.3 Å². The average Bonchev–Trinajstić information content (AvgIpc) is 2.81. The predicted molar refractivity (Wildman–Crippen MR) is 127 cm³/mol. The number of likely N-dealkylation sites (tertiary alicyclic amines) is 1. The van der Waals surface area contributed by atoms with Gasteiger partial charge in [-0.1, -0.05) is 48.9 Å². The van der Waals surface area contributed by atoms with Gasteiger partial charge in [-0.3, -0.25) is 14.5 Å². The summed E-state index contributed by atoms with van der Waals surface area (Å²) in [4.78, 5) is 26.5. The van der Waals surface area contributed by atoms with Gasteiger partial charge in [-0.05, 0) is 73.7 Å². The van der Waals surface area contributed by atoms with Crippen LogP contribution in [-0.2, 0) is 22.6 Å². The number of nitrogens with two attached hydrogens (primary N) is 2. The van der Waals surface area contributed by atoms with Crippen LogP contribution in [0.2, 0.25) is 0 Å². The molecular formula is C27H30FN3O2. The van der Waals surface area contributed by atoms with Crippen LogP contribution in [0.25, 0.3) is 11.1 Å². The summed E-state index contributed by atoms with van der Waals surface area (Å²) in [5.74, 6) is -1.44. The van der Waals surface area contributed by atoms with Crippen LogP contribution in [0.5, 0.6) is 0 Å². The smallest absolute Gasteiger partial charge is 0.244 e. The zero-order valence-corrected chi connectivity index (χ0v) is 18.7. The largest absolute Gasteiger partial charge is 0.369 e. The van der Waals surface area contributed by atoms with Gasteiger partial charge in [0.1, 0.15) is 5.82 Å². The number of carbonyl (C=O) groups excluding carboxylic acids is 2. The van der Waals surface area contributed by atoms with E-state index in [1.165, 1.54) is 25.3 Å². The first-order chi connectivity index (χ1) is 15.9. The van der Waals surface area contributed by atoms with E-state index in [9.17, 15) is 14.0 Å². The summed E-state index contributed by atoms with van der Waals surface area (Å²) in [5, 5.41) is 0. The van der Waals surface area contributed by atoms with E-state index < -0.39 is 17.2 Å². The van der Waals surface area contributed by atoms with Crippen molar-refractivity contribution >= 4 is 11.8 Å². The highest BCUT2D eigenvalue weighted by atomic mass is 19.1. The topological polar surface area (TPSA) is 89.4 Å². The number of nitrogens with zero attached hydrogens (tertiary/aromatic N) is 1. The van der Waals surface area contributed by atoms with Gasteiger partial charge in [-0.25, -0.2) is 4.39 Å². The van der Waals surface area contributed by atoms with Crippen molar-refractivity contribution in [2.45, 2.75) is 38.6 Å². The molecule has 6 heteroatoms. The van der Waals surface area contributed by atoms with E-state index in [1.54, 1.807) is 30.4 Å². The summed E-state index contributed by atoms with van der Waals surface area (Å²) >= 11 is 0. The zero-order chi connectivity index (χ0) is 23.4. The summed E-state index contributed by atoms with van der Waals surface area (Å²) in [6, 6.07) is 12.8. The van der Waals surface area contributed by atoms with Crippen molar-refractivity contribution < 1.29 is 14.0 Å². The number of amides is 2. The number of hydrogen-bond acceptors (Lipinski definition) is 3. The van der Waals surface area contributed by atoms with Crippen molar-refractivity contribution in [2.24, 2.45) is 16.9 Å². The highest BCUT2D eigenvalue weighted by Gasteiger charge is 2.37. The van der Waals surface area contributed by atoms with Crippen LogP contribution in [0.3, 0.4) is 0 Å². The van der Waals surface area contributed by atoms with Crippen molar-refractivity contribution in [2.75, 3.05) is 13.1 Å². The van der Waals surface area contributed by atoms with Crippen LogP contribution >= 0.6 is 0 Å². The van der Waals surface area contributed by atoms with Crippen LogP contribution in [-0.4, -0.2) is 29.8 Å². The molecule has 0 aromatic heterocycles. The van der Waals surface area contributed by atoms with Crippen molar-refractivity contribution in [3.05, 3.63) is 83.2 Å². The van der Waals surface area contributed by atoms with Gasteiger partial charge in [0.15, 0.2) is 0 Å². The molecule has 0 saturated carbocycles. The Morgan fingerprint density at radius 2 is 1.79 bits per heavy atom. The summed E-state index contributed by atoms with van der Waals surface area (Å²) in [5.41, 5.74) is 13.7. The molecule has 1 saturated heterocycles. The Hall–Kier alpha value is -3.25. The fourth-order valence-electron chi connectivity index (χ4n) is 4.83. The van der Waals surface area contributed by atoms with Crippen LogP contribution in [0.4, 0.5) is 4.39 Å². The van der Waals surface area contributed by atoms with Gasteiger partial charge in [-0.2, -0.15) is 0 Å². The first kappa shape index (κ1) is 22.9. The Morgan fingerprint density at radius 3 is 2.52 bits per heavy atom. The molecule has 172 valence electrons. The number of halogens is 1. The van der Waals surface area contributed by atoms with E-state index in [1.807, 2.05) is 18.2 Å². The van der Waals surface area contributed by atoms with Gasteiger partial charge in [0.25, 0.3) is 0 Å². The maximum Gasteiger partial charge on any atom is 0.244 e. The van der Waals surface area contributed by atoms with E-state index in [2.05, 4.69) is 11.0 Å². The lowest BCUT2D eigenvalue weighted by molar-refractivity contribution is -0.125. The second-order valence-corrected chi connectivity index (χ2v) is 9.14. The first-order valence-electron chi connectivity index (χ1n) is 11.4. The molecule has 1 unspecified atom stereocenters. The molecule has 2 aromatic carbocycles. The highest BCUT2D eigenvalue weighted by molar-refractivity contribution is 5.95. The number of primary amides is 2. The Kier molecular flexibility index (Phi) is 6.75. The lowest BCUT2D eigenvalue weighted by Gasteiger charge is -2.30. The fraction of sp³-hybridized carbons (Fsp3) is 0.333. The van der Waals surface area contributed by atoms with Gasteiger partial charge in [0.05, 0.1) is 5.41 Å². The quantitative estimate of drug-likeness (QED) is 0.675. The molecule has 1 aliphatic carbocycles. The normalized spacial score (nSPS) is 20.9. The fourth-order valence-corrected chi connectivity index (χ4v) is 4.83. The molecule has 2 aliphatic rings. The van der Waals surface area contributed by atoms with Crippen LogP contribution in [0.15, 0.2) is 66.3 Å². The van der Waals surface area contributed by atoms with Gasteiger partial charge < -0.3 is 11.5 Å². The summed E-state index contributed by atoms with van der Waals surface area (Å²) in [7, 11) is 0. The molecule has 5 nitrogen and oxygen atoms in total. The van der Waals surface area contributed by atoms with E-state index in [4.69, 9.17) is 11.5 Å². The van der Waals surface area contributed by atoms with Crippen LogP contribution in [0, 0.1) is 11.2 Å². The molecule has 33 heavy (non-hydrogen) atoms. The molecule has 0 bridgehead atoms. The molecule has 0 radical (unpaired) electrons. The maximum atomic E-state index is 14.9. The molecule has 1 aliphatic heterocycles. The minimum absolute atomic E-state index is 0.131. The number of benzene rings is 2. The lowest BCUT2D eigenvalue weighted by Crippen LogP contribution is -2.40. The lowest BCUT2D eigenvalue weighted by atomic mass is 9.73. The molecule has 1 heterocycles. The molecule has 1 atom stereocenters. The van der Waals surface area contributed by atoms with E-state index in [-0.39, 0.29) is 18.7 Å². The minimum Gasteiger partial charge on any atom is -0.369 e. The summed E-state index contributed by atoms with van der Waals surface area (Å²) in [6.45, 7) is 3.05. The molecule has 2 aromatic rings. The first-order valence-corrected chi connectivity index (χ1v) is 11.4. The average molecular weight is 448 g/mol. The zero-order valence-electron chi connectivity index (χ0n) is 18.7. The number of piperidine rings is 1. The van der Waals surface area contributed by atoms with Crippen molar-refractivity contribution in [1.29, 1.82) is 0 Å². The second kappa shape index (κ2) is 9.71. The Bertz CT molecular complexity index is 1120. The molecule has 0 spiro atoms. The highest BCUT2D eigenvalue weighted by Crippen LogP contribution is 2.36. The van der Waals surface area contributed by atoms with Gasteiger partial charge in [0, 0.05) is 17.7 Å². The van der Waals surface area contributed by atoms with Gasteiger partial charge >= 0.3 is 0 Å². The molecule has 4 N–H and O–H groups in total. The second-order valence-electron chi connectivity index (χ2n) is 9.14. The predicted octanol–water partition coefficient (Wildman–Crippen LogP) is 3.86. The standard InChI is InChI=1S/C27H30FN3O2/c28-24-10-9-19(16-27(26(30)33)11-5-8-22(17-27)25(29)32)15-23(24)21-7-4-6-20(14-21)18-31-12-2-1-3-13-31/h4-11,14-15H,1-3,12-13,16-18H2,(H2,29,32)(H2,30,33).